The molecule has 11 nitrogen and oxygen atoms in total. The van der Waals surface area contributed by atoms with Crippen molar-refractivity contribution >= 4 is 56.6 Å². The van der Waals surface area contributed by atoms with E-state index in [1.165, 1.54) is 17.4 Å². The Morgan fingerprint density at radius 3 is 2.31 bits per heavy atom. The number of piperidine rings is 2. The van der Waals surface area contributed by atoms with E-state index in [0.29, 0.717) is 51.6 Å². The number of anilines is 2. The highest BCUT2D eigenvalue weighted by Gasteiger charge is 2.38. The summed E-state index contributed by atoms with van der Waals surface area (Å²) in [5.41, 5.74) is 6.47. The average molecular weight is 756 g/mol. The van der Waals surface area contributed by atoms with E-state index in [4.69, 9.17) is 5.73 Å². The quantitative estimate of drug-likeness (QED) is 0.375. The lowest BCUT2D eigenvalue weighted by Crippen LogP contribution is -2.58. The van der Waals surface area contributed by atoms with E-state index in [1.54, 1.807) is 14.7 Å². The summed E-state index contributed by atoms with van der Waals surface area (Å²) >= 11 is 4.69. The first kappa shape index (κ1) is 34.8. The Labute approximate surface area is 290 Å². The zero-order valence-corrected chi connectivity index (χ0v) is 29.3. The first-order valence-electron chi connectivity index (χ1n) is 16.4. The van der Waals surface area contributed by atoms with E-state index in [2.05, 4.69) is 43.4 Å². The van der Waals surface area contributed by atoms with Crippen molar-refractivity contribution in [3.8, 4) is 0 Å². The molecule has 48 heavy (non-hydrogen) atoms. The average Bonchev–Trinajstić information content (AvgIpc) is 3.52. The number of fused-ring (bicyclic) bond motifs is 1. The van der Waals surface area contributed by atoms with Gasteiger partial charge in [0.25, 0.3) is 0 Å². The van der Waals surface area contributed by atoms with Gasteiger partial charge in [0.15, 0.2) is 0 Å². The second kappa shape index (κ2) is 14.4. The fraction of sp³-hybridized carbons (Fsp3) is 0.594. The van der Waals surface area contributed by atoms with Crippen molar-refractivity contribution in [1.29, 1.82) is 0 Å². The summed E-state index contributed by atoms with van der Waals surface area (Å²) in [6.07, 6.45) is -2.08. The van der Waals surface area contributed by atoms with Crippen molar-refractivity contribution < 1.29 is 27.6 Å². The molecular formula is C32H42BrF3N8O3S. The van der Waals surface area contributed by atoms with Crippen molar-refractivity contribution in [2.75, 3.05) is 70.5 Å². The molecule has 0 aliphatic carbocycles. The molecule has 4 N–H and O–H groups in total. The highest BCUT2D eigenvalue weighted by Crippen LogP contribution is 2.38. The van der Waals surface area contributed by atoms with Crippen LogP contribution in [0.3, 0.4) is 0 Å². The zero-order valence-electron chi connectivity index (χ0n) is 26.9. The number of likely N-dealkylation sites (N-methyl/N-ethyl adjacent to an activating group) is 1. The predicted octanol–water partition coefficient (Wildman–Crippen LogP) is 4.48. The third kappa shape index (κ3) is 7.71. The summed E-state index contributed by atoms with van der Waals surface area (Å²) in [6.45, 7) is 6.25. The largest absolute Gasteiger partial charge is 0.418 e. The minimum absolute atomic E-state index is 0.0472. The number of piperazine rings is 1. The molecule has 1 atom stereocenters. The van der Waals surface area contributed by atoms with Crippen LogP contribution in [0, 0.1) is 0 Å². The van der Waals surface area contributed by atoms with Gasteiger partial charge in [-0.2, -0.15) is 13.2 Å². The number of amides is 5. The number of benzene rings is 1. The van der Waals surface area contributed by atoms with E-state index < -0.39 is 29.5 Å². The van der Waals surface area contributed by atoms with E-state index in [0.717, 1.165) is 56.3 Å². The van der Waals surface area contributed by atoms with E-state index >= 15 is 0 Å². The number of halogens is 4. The van der Waals surface area contributed by atoms with Gasteiger partial charge in [0.05, 0.1) is 23.5 Å². The summed E-state index contributed by atoms with van der Waals surface area (Å²) in [6, 6.07) is 1.08. The molecule has 1 aromatic carbocycles. The van der Waals surface area contributed by atoms with Gasteiger partial charge in [-0.15, -0.1) is 11.3 Å². The SMILES string of the molecule is CN1CCN(C2CCN(C(=O)[C@@H](Cc3cc(Br)c(N)c(C(F)(F)F)c3)NC(=O)N3CCC(N4Cc5cscc5NC4=O)CC3)CC2)CC1. The first-order chi connectivity index (χ1) is 22.9. The normalized spacial score (nSPS) is 21.2. The van der Waals surface area contributed by atoms with Gasteiger partial charge in [-0.1, -0.05) is 0 Å². The molecule has 0 unspecified atom stereocenters. The molecule has 3 fully saturated rings. The molecule has 4 aliphatic rings. The van der Waals surface area contributed by atoms with Gasteiger partial charge in [0, 0.05) is 86.3 Å². The molecule has 262 valence electrons. The molecule has 2 aromatic rings. The maximum absolute atomic E-state index is 14.0. The van der Waals surface area contributed by atoms with Crippen LogP contribution in [0.25, 0.3) is 0 Å². The van der Waals surface area contributed by atoms with Crippen LogP contribution in [0.2, 0.25) is 0 Å². The van der Waals surface area contributed by atoms with Crippen molar-refractivity contribution in [2.24, 2.45) is 0 Å². The number of hydrogen-bond acceptors (Lipinski definition) is 7. The van der Waals surface area contributed by atoms with Gasteiger partial charge >= 0.3 is 18.2 Å². The van der Waals surface area contributed by atoms with Crippen molar-refractivity contribution in [1.82, 2.24) is 29.8 Å². The molecule has 3 saturated heterocycles. The maximum Gasteiger partial charge on any atom is 0.418 e. The Bertz CT molecular complexity index is 1500. The predicted molar refractivity (Wildman–Crippen MR) is 182 cm³/mol. The molecule has 1 aromatic heterocycles. The number of carbonyl (C=O) groups excluding carboxylic acids is 3. The number of likely N-dealkylation sites (tertiary alicyclic amines) is 2. The Kier molecular flexibility index (Phi) is 10.4. The molecule has 6 rings (SSSR count). The van der Waals surface area contributed by atoms with Gasteiger partial charge < -0.3 is 36.0 Å². The highest BCUT2D eigenvalue weighted by atomic mass is 79.9. The number of nitrogen functional groups attached to an aromatic ring is 1. The molecular weight excluding hydrogens is 713 g/mol. The van der Waals surface area contributed by atoms with Gasteiger partial charge in [0.1, 0.15) is 6.04 Å². The fourth-order valence-electron chi connectivity index (χ4n) is 7.23. The van der Waals surface area contributed by atoms with Crippen LogP contribution in [0.4, 0.5) is 34.1 Å². The Morgan fingerprint density at radius 1 is 1.00 bits per heavy atom. The summed E-state index contributed by atoms with van der Waals surface area (Å²) < 4.78 is 41.5. The van der Waals surface area contributed by atoms with Crippen LogP contribution in [0.15, 0.2) is 27.4 Å². The van der Waals surface area contributed by atoms with Crippen LogP contribution >= 0.6 is 27.3 Å². The summed E-state index contributed by atoms with van der Waals surface area (Å²) in [7, 11) is 2.11. The molecule has 0 saturated carbocycles. The van der Waals surface area contributed by atoms with Gasteiger partial charge in [-0.05, 0) is 71.7 Å². The van der Waals surface area contributed by atoms with E-state index in [9.17, 15) is 27.6 Å². The van der Waals surface area contributed by atoms with E-state index in [-0.39, 0.29) is 34.4 Å². The highest BCUT2D eigenvalue weighted by molar-refractivity contribution is 9.10. The molecule has 5 heterocycles. The molecule has 16 heteroatoms. The number of thiophene rings is 1. The van der Waals surface area contributed by atoms with Crippen LogP contribution in [-0.2, 0) is 23.9 Å². The standard InChI is InChI=1S/C32H42BrF3N8O3S/c1-40-10-12-41(13-11-40)22-2-6-42(7-3-22)29(45)26(16-20-14-24(32(34,35)36)28(37)25(33)15-20)38-30(46)43-8-4-23(5-9-43)44-17-21-18-48-19-27(21)39-31(44)47/h14-15,18-19,22-23,26H,2-13,16-17,37H2,1H3,(H,38,46)(H,39,47)/t26-/m1/s1. The number of rotatable bonds is 6. The monoisotopic (exact) mass is 754 g/mol. The molecule has 0 radical (unpaired) electrons. The number of nitrogens with zero attached hydrogens (tertiary/aromatic N) is 5. The Morgan fingerprint density at radius 2 is 1.65 bits per heavy atom. The van der Waals surface area contributed by atoms with Crippen molar-refractivity contribution in [3.05, 3.63) is 44.1 Å². The van der Waals surface area contributed by atoms with Crippen molar-refractivity contribution in [3.63, 3.8) is 0 Å². The smallest absolute Gasteiger partial charge is 0.397 e. The number of hydrogen-bond donors (Lipinski definition) is 3. The van der Waals surface area contributed by atoms with Crippen LogP contribution in [0.5, 0.6) is 0 Å². The topological polar surface area (TPSA) is 117 Å². The van der Waals surface area contributed by atoms with Gasteiger partial charge in [-0.3, -0.25) is 9.69 Å². The Hall–Kier alpha value is -3.08. The minimum atomic E-state index is -4.68. The van der Waals surface area contributed by atoms with Gasteiger partial charge in [-0.25, -0.2) is 9.59 Å². The summed E-state index contributed by atoms with van der Waals surface area (Å²) in [5, 5.41) is 9.75. The van der Waals surface area contributed by atoms with Gasteiger partial charge in [0.2, 0.25) is 5.91 Å². The van der Waals surface area contributed by atoms with Crippen LogP contribution in [-0.4, -0.2) is 120 Å². The summed E-state index contributed by atoms with van der Waals surface area (Å²) in [4.78, 5) is 50.3. The fourth-order valence-corrected chi connectivity index (χ4v) is 8.52. The Balaban J connectivity index is 1.13. The number of alkyl halides is 3. The van der Waals surface area contributed by atoms with Crippen LogP contribution < -0.4 is 16.4 Å². The second-order valence-electron chi connectivity index (χ2n) is 13.2. The number of carbonyl (C=O) groups is 3. The number of nitrogens with one attached hydrogen (secondary N) is 2. The molecule has 4 aliphatic heterocycles. The lowest BCUT2D eigenvalue weighted by Gasteiger charge is -2.43. The summed E-state index contributed by atoms with van der Waals surface area (Å²) in [5.74, 6) is -0.312. The molecule has 5 amide bonds. The molecule has 0 bridgehead atoms. The lowest BCUT2D eigenvalue weighted by atomic mass is 9.98. The number of urea groups is 2. The zero-order chi connectivity index (χ0) is 34.2. The third-order valence-corrected chi connectivity index (χ3v) is 11.6. The first-order valence-corrected chi connectivity index (χ1v) is 18.2. The maximum atomic E-state index is 14.0. The second-order valence-corrected chi connectivity index (χ2v) is 14.8. The van der Waals surface area contributed by atoms with E-state index in [1.807, 2.05) is 10.8 Å². The molecule has 0 spiro atoms. The third-order valence-electron chi connectivity index (χ3n) is 10.1. The lowest BCUT2D eigenvalue weighted by molar-refractivity contribution is -0.137. The van der Waals surface area contributed by atoms with Crippen molar-refractivity contribution in [2.45, 2.75) is 63.0 Å². The number of nitrogens with two attached hydrogens (primary N) is 1. The minimum Gasteiger partial charge on any atom is -0.397 e. The van der Waals surface area contributed by atoms with Crippen LogP contribution in [0.1, 0.15) is 42.4 Å².